The standard InChI is InChI=1S/C29H28ClF3N4O2.C19H12F3N3OS/c1-2-25-27(37-18-22(30)7-12-26(37)35-25)28(38)34-17-19-3-8-23(9-4-19)36-15-13-21(14-16-36)20-5-10-24(11-6-20)39-29(31,32)33;20-19(21,22)12-1-5-14(6-2-12)26-15-7-3-13(4-8-15)25-18-17-16(9-10-27-17)23-11-24-18/h3-12,18,21H,2,13-17H2,1H3,(H,34,38);1-11H,(H,23,24,25). The number of carbonyl (C=O) groups excluding carboxylic acids is 1. The van der Waals surface area contributed by atoms with Gasteiger partial charge in [0.1, 0.15) is 34.9 Å². The first kappa shape index (κ1) is 45.7. The molecule has 4 aromatic carbocycles. The third-order valence-corrected chi connectivity index (χ3v) is 12.0. The van der Waals surface area contributed by atoms with E-state index < -0.39 is 18.1 Å². The molecule has 0 aliphatic carbocycles. The molecular weight excluding hydrogens is 904 g/mol. The minimum Gasteiger partial charge on any atom is -0.457 e. The molecule has 1 saturated heterocycles. The van der Waals surface area contributed by atoms with Gasteiger partial charge in [-0.2, -0.15) is 13.2 Å². The summed E-state index contributed by atoms with van der Waals surface area (Å²) in [6.45, 7) is 4.04. The predicted octanol–water partition coefficient (Wildman–Crippen LogP) is 13.0. The first-order chi connectivity index (χ1) is 31.7. The maximum Gasteiger partial charge on any atom is 0.573 e. The number of thiophene rings is 1. The van der Waals surface area contributed by atoms with Crippen molar-refractivity contribution >= 4 is 61.9 Å². The van der Waals surface area contributed by atoms with Gasteiger partial charge in [-0.3, -0.25) is 9.20 Å². The quantitative estimate of drug-likeness (QED) is 0.124. The summed E-state index contributed by atoms with van der Waals surface area (Å²) in [5.74, 6) is 1.45. The fourth-order valence-corrected chi connectivity index (χ4v) is 8.48. The third-order valence-electron chi connectivity index (χ3n) is 10.8. The molecule has 9 rings (SSSR count). The van der Waals surface area contributed by atoms with E-state index in [2.05, 4.69) is 47.4 Å². The molecule has 0 unspecified atom stereocenters. The minimum atomic E-state index is -4.68. The van der Waals surface area contributed by atoms with Crippen molar-refractivity contribution in [2.24, 2.45) is 0 Å². The number of nitrogens with zero attached hydrogens (tertiary/aromatic N) is 5. The largest absolute Gasteiger partial charge is 0.573 e. The molecule has 1 fully saturated rings. The van der Waals surface area contributed by atoms with Gasteiger partial charge in [-0.05, 0) is 133 Å². The molecule has 2 N–H and O–H groups in total. The molecule has 66 heavy (non-hydrogen) atoms. The van der Waals surface area contributed by atoms with Gasteiger partial charge < -0.3 is 25.0 Å². The van der Waals surface area contributed by atoms with E-state index in [1.807, 2.05) is 30.5 Å². The first-order valence-electron chi connectivity index (χ1n) is 20.7. The molecule has 1 aliphatic heterocycles. The highest BCUT2D eigenvalue weighted by Gasteiger charge is 2.32. The number of nitrogens with one attached hydrogen (secondary N) is 2. The van der Waals surface area contributed by atoms with Crippen LogP contribution in [0.25, 0.3) is 15.9 Å². The van der Waals surface area contributed by atoms with Crippen LogP contribution in [0.2, 0.25) is 5.02 Å². The molecule has 8 aromatic rings. The highest BCUT2D eigenvalue weighted by molar-refractivity contribution is 7.17. The van der Waals surface area contributed by atoms with Crippen molar-refractivity contribution in [3.8, 4) is 17.2 Å². The Kier molecular flexibility index (Phi) is 13.7. The summed E-state index contributed by atoms with van der Waals surface area (Å²) in [6.07, 6.45) is -3.41. The van der Waals surface area contributed by atoms with Crippen molar-refractivity contribution < 1.29 is 40.6 Å². The lowest BCUT2D eigenvalue weighted by atomic mass is 9.89. The van der Waals surface area contributed by atoms with Crippen molar-refractivity contribution in [2.75, 3.05) is 23.3 Å². The number of ether oxygens (including phenoxy) is 2. The Morgan fingerprint density at radius 3 is 2.14 bits per heavy atom. The van der Waals surface area contributed by atoms with Gasteiger partial charge in [0.15, 0.2) is 5.82 Å². The summed E-state index contributed by atoms with van der Waals surface area (Å²) in [7, 11) is 0. The Labute approximate surface area is 383 Å². The normalized spacial score (nSPS) is 13.3. The average molecular weight is 944 g/mol. The van der Waals surface area contributed by atoms with Gasteiger partial charge in [0.05, 0.1) is 26.5 Å². The van der Waals surface area contributed by atoms with Gasteiger partial charge in [-0.25, -0.2) is 15.0 Å². The summed E-state index contributed by atoms with van der Waals surface area (Å²) in [5.41, 5.74) is 5.98. The number of imidazole rings is 1. The molecule has 18 heteroatoms. The average Bonchev–Trinajstić information content (AvgIpc) is 3.95. The van der Waals surface area contributed by atoms with E-state index in [1.54, 1.807) is 70.5 Å². The van der Waals surface area contributed by atoms with Crippen LogP contribution in [0.4, 0.5) is 43.5 Å². The lowest BCUT2D eigenvalue weighted by Gasteiger charge is -2.34. The van der Waals surface area contributed by atoms with Crippen LogP contribution in [0, 0.1) is 0 Å². The summed E-state index contributed by atoms with van der Waals surface area (Å²) < 4.78 is 87.2. The highest BCUT2D eigenvalue weighted by atomic mass is 35.5. The van der Waals surface area contributed by atoms with Gasteiger partial charge in [-0.15, -0.1) is 24.5 Å². The maximum atomic E-state index is 13.0. The van der Waals surface area contributed by atoms with Crippen LogP contribution in [-0.2, 0) is 19.1 Å². The Hall–Kier alpha value is -6.85. The Bertz CT molecular complexity index is 2900. The highest BCUT2D eigenvalue weighted by Crippen LogP contribution is 2.34. The summed E-state index contributed by atoms with van der Waals surface area (Å²) in [6, 6.07) is 31.4. The van der Waals surface area contributed by atoms with E-state index in [4.69, 9.17) is 16.3 Å². The second-order valence-corrected chi connectivity index (χ2v) is 16.5. The SMILES string of the molecule is CCc1nc2ccc(Cl)cn2c1C(=O)NCc1ccc(N2CCC(c3ccc(OC(F)(F)F)cc3)CC2)cc1.FC(F)(F)c1ccc(Oc2ccc(Nc3ncnc4ccsc34)cc2)cc1. The molecule has 10 nitrogen and oxygen atoms in total. The number of piperidine rings is 1. The number of benzene rings is 4. The van der Waals surface area contributed by atoms with Crippen LogP contribution in [-0.4, -0.2) is 44.7 Å². The van der Waals surface area contributed by atoms with Crippen molar-refractivity contribution in [2.45, 2.75) is 51.2 Å². The predicted molar refractivity (Wildman–Crippen MR) is 243 cm³/mol. The van der Waals surface area contributed by atoms with Crippen molar-refractivity contribution in [3.05, 3.63) is 166 Å². The van der Waals surface area contributed by atoms with E-state index in [0.29, 0.717) is 46.6 Å². The van der Waals surface area contributed by atoms with Crippen molar-refractivity contribution in [1.82, 2.24) is 24.7 Å². The second kappa shape index (κ2) is 19.7. The zero-order chi connectivity index (χ0) is 46.4. The number of hydrogen-bond donors (Lipinski definition) is 2. The van der Waals surface area contributed by atoms with Gasteiger partial charge in [-0.1, -0.05) is 42.8 Å². The number of rotatable bonds is 11. The lowest BCUT2D eigenvalue weighted by Crippen LogP contribution is -2.32. The summed E-state index contributed by atoms with van der Waals surface area (Å²) in [5, 5.41) is 8.71. The molecule has 5 heterocycles. The maximum absolute atomic E-state index is 13.0. The van der Waals surface area contributed by atoms with E-state index >= 15 is 0 Å². The number of pyridine rings is 1. The zero-order valence-electron chi connectivity index (χ0n) is 35.0. The lowest BCUT2D eigenvalue weighted by molar-refractivity contribution is -0.274. The molecule has 0 radical (unpaired) electrons. The minimum absolute atomic E-state index is 0.200. The van der Waals surface area contributed by atoms with E-state index in [-0.39, 0.29) is 17.6 Å². The number of aromatic nitrogens is 4. The van der Waals surface area contributed by atoms with Crippen molar-refractivity contribution in [1.29, 1.82) is 0 Å². The summed E-state index contributed by atoms with van der Waals surface area (Å²) >= 11 is 7.69. The van der Waals surface area contributed by atoms with E-state index in [0.717, 1.165) is 76.5 Å². The Morgan fingerprint density at radius 2 is 1.48 bits per heavy atom. The second-order valence-electron chi connectivity index (χ2n) is 15.2. The molecule has 0 bridgehead atoms. The molecule has 0 saturated carbocycles. The Morgan fingerprint density at radius 1 is 0.818 bits per heavy atom. The number of anilines is 3. The van der Waals surface area contributed by atoms with Gasteiger partial charge in [0.25, 0.3) is 5.91 Å². The Balaban J connectivity index is 0.000000192. The number of carbonyl (C=O) groups is 1. The van der Waals surface area contributed by atoms with Crippen molar-refractivity contribution in [3.63, 3.8) is 0 Å². The number of amides is 1. The summed E-state index contributed by atoms with van der Waals surface area (Å²) in [4.78, 5) is 28.3. The molecular formula is C48H40ClF6N7O3S. The van der Waals surface area contributed by atoms with Crippen LogP contribution in [0.15, 0.2) is 133 Å². The number of halogens is 7. The molecule has 1 aliphatic rings. The number of alkyl halides is 6. The fourth-order valence-electron chi connectivity index (χ4n) is 7.53. The molecule has 0 atom stereocenters. The topological polar surface area (TPSA) is 106 Å². The number of aryl methyl sites for hydroxylation is 1. The molecule has 4 aromatic heterocycles. The fraction of sp³-hybridized carbons (Fsp3) is 0.208. The van der Waals surface area contributed by atoms with Gasteiger partial charge in [0.2, 0.25) is 0 Å². The zero-order valence-corrected chi connectivity index (χ0v) is 36.6. The van der Waals surface area contributed by atoms with Crippen LogP contribution in [0.1, 0.15) is 58.6 Å². The van der Waals surface area contributed by atoms with Crippen LogP contribution >= 0.6 is 22.9 Å². The van der Waals surface area contributed by atoms with Crippen LogP contribution in [0.3, 0.4) is 0 Å². The van der Waals surface area contributed by atoms with Crippen LogP contribution in [0.5, 0.6) is 17.2 Å². The van der Waals surface area contributed by atoms with E-state index in [1.165, 1.54) is 30.6 Å². The molecule has 0 spiro atoms. The van der Waals surface area contributed by atoms with Gasteiger partial charge >= 0.3 is 12.5 Å². The third kappa shape index (κ3) is 11.3. The molecule has 340 valence electrons. The van der Waals surface area contributed by atoms with E-state index in [9.17, 15) is 31.1 Å². The van der Waals surface area contributed by atoms with Gasteiger partial charge in [0, 0.05) is 37.2 Å². The number of hydrogen-bond acceptors (Lipinski definition) is 9. The molecule has 1 amide bonds. The smallest absolute Gasteiger partial charge is 0.457 e. The first-order valence-corrected chi connectivity index (χ1v) is 22.0. The monoisotopic (exact) mass is 943 g/mol. The van der Waals surface area contributed by atoms with Crippen LogP contribution < -0.4 is 25.0 Å². The number of fused-ring (bicyclic) bond motifs is 2.